The lowest BCUT2D eigenvalue weighted by Gasteiger charge is -2.13. The standard InChI is InChI=1S/C19H13FN2O6S/c20-11-3-1-10(2-4-11)7-15-17(25)22(19(28)29-15)9-16(24)21-12-5-6-13(18(26)27)14(23)8-12/h1-8,23H,9H2,(H,21,24)(H,26,27)/b15-7+. The molecule has 0 atom stereocenters. The number of halogens is 1. The van der Waals surface area contributed by atoms with Crippen LogP contribution in [0.25, 0.3) is 6.08 Å². The highest BCUT2D eigenvalue weighted by Crippen LogP contribution is 2.32. The summed E-state index contributed by atoms with van der Waals surface area (Å²) in [5.74, 6) is -3.68. The van der Waals surface area contributed by atoms with Crippen LogP contribution in [0.1, 0.15) is 15.9 Å². The van der Waals surface area contributed by atoms with Crippen molar-refractivity contribution in [1.29, 1.82) is 0 Å². The number of carboxylic acids is 1. The van der Waals surface area contributed by atoms with Gasteiger partial charge in [0.1, 0.15) is 23.7 Å². The van der Waals surface area contributed by atoms with Crippen molar-refractivity contribution in [3.8, 4) is 5.75 Å². The monoisotopic (exact) mass is 416 g/mol. The second-order valence-corrected chi connectivity index (χ2v) is 6.90. The van der Waals surface area contributed by atoms with Gasteiger partial charge in [0.2, 0.25) is 5.91 Å². The number of aromatic carboxylic acids is 1. The molecule has 2 aromatic rings. The van der Waals surface area contributed by atoms with Gasteiger partial charge in [-0.2, -0.15) is 0 Å². The number of rotatable bonds is 5. The van der Waals surface area contributed by atoms with Crippen molar-refractivity contribution in [3.63, 3.8) is 0 Å². The van der Waals surface area contributed by atoms with Crippen molar-refractivity contribution in [2.24, 2.45) is 0 Å². The lowest BCUT2D eigenvalue weighted by atomic mass is 10.2. The summed E-state index contributed by atoms with van der Waals surface area (Å²) >= 11 is 0.656. The Morgan fingerprint density at radius 3 is 2.45 bits per heavy atom. The Labute approximate surface area is 167 Å². The minimum absolute atomic E-state index is 0.0952. The molecule has 1 fully saturated rings. The number of amides is 3. The molecule has 1 aliphatic heterocycles. The molecule has 1 aliphatic rings. The second-order valence-electron chi connectivity index (χ2n) is 5.90. The number of hydrogen-bond acceptors (Lipinski definition) is 6. The summed E-state index contributed by atoms with van der Waals surface area (Å²) in [6, 6.07) is 8.75. The Bertz CT molecular complexity index is 1050. The van der Waals surface area contributed by atoms with E-state index in [-0.39, 0.29) is 16.2 Å². The van der Waals surface area contributed by atoms with Crippen molar-refractivity contribution in [1.82, 2.24) is 4.90 Å². The molecule has 1 saturated heterocycles. The second kappa shape index (κ2) is 8.15. The van der Waals surface area contributed by atoms with Gasteiger partial charge in [0, 0.05) is 11.8 Å². The third-order valence-corrected chi connectivity index (χ3v) is 4.76. The maximum atomic E-state index is 13.0. The number of thioether (sulfide) groups is 1. The van der Waals surface area contributed by atoms with Gasteiger partial charge in [0.05, 0.1) is 4.91 Å². The van der Waals surface area contributed by atoms with Gasteiger partial charge in [-0.05, 0) is 47.7 Å². The SMILES string of the molecule is O=C(CN1C(=O)S/C(=C/c2ccc(F)cc2)C1=O)Nc1ccc(C(=O)O)c(O)c1. The summed E-state index contributed by atoms with van der Waals surface area (Å²) in [4.78, 5) is 48.4. The molecular weight excluding hydrogens is 403 g/mol. The molecule has 0 unspecified atom stereocenters. The van der Waals surface area contributed by atoms with Crippen LogP contribution in [0.15, 0.2) is 47.4 Å². The smallest absolute Gasteiger partial charge is 0.339 e. The summed E-state index contributed by atoms with van der Waals surface area (Å²) in [5.41, 5.74) is 0.293. The van der Waals surface area contributed by atoms with Crippen molar-refractivity contribution >= 4 is 46.5 Å². The number of carboxylic acid groups (broad SMARTS) is 1. The molecule has 148 valence electrons. The van der Waals surface area contributed by atoms with Gasteiger partial charge < -0.3 is 15.5 Å². The summed E-state index contributed by atoms with van der Waals surface area (Å²) in [5, 5.41) is 20.3. The van der Waals surface area contributed by atoms with E-state index in [1.807, 2.05) is 0 Å². The van der Waals surface area contributed by atoms with E-state index >= 15 is 0 Å². The van der Waals surface area contributed by atoms with Crippen LogP contribution in [0.4, 0.5) is 14.9 Å². The fourth-order valence-corrected chi connectivity index (χ4v) is 3.32. The summed E-state index contributed by atoms with van der Waals surface area (Å²) in [7, 11) is 0. The molecule has 2 aromatic carbocycles. The number of carbonyl (C=O) groups excluding carboxylic acids is 3. The Hall–Kier alpha value is -3.66. The Morgan fingerprint density at radius 2 is 1.83 bits per heavy atom. The predicted octanol–water partition coefficient (Wildman–Crippen LogP) is 2.90. The Kier molecular flexibility index (Phi) is 5.64. The van der Waals surface area contributed by atoms with Crippen LogP contribution in [0.5, 0.6) is 5.75 Å². The maximum absolute atomic E-state index is 13.0. The van der Waals surface area contributed by atoms with Crippen LogP contribution >= 0.6 is 11.8 Å². The molecule has 0 aromatic heterocycles. The number of hydrogen-bond donors (Lipinski definition) is 3. The fraction of sp³-hybridized carbons (Fsp3) is 0.0526. The van der Waals surface area contributed by atoms with Crippen LogP contribution in [0.3, 0.4) is 0 Å². The Morgan fingerprint density at radius 1 is 1.14 bits per heavy atom. The molecule has 8 nitrogen and oxygen atoms in total. The number of imide groups is 1. The summed E-state index contributed by atoms with van der Waals surface area (Å²) in [6.07, 6.45) is 1.42. The number of nitrogens with one attached hydrogen (secondary N) is 1. The quantitative estimate of drug-likeness (QED) is 0.640. The zero-order valence-electron chi connectivity index (χ0n) is 14.6. The molecule has 10 heteroatoms. The molecule has 0 aliphatic carbocycles. The Balaban J connectivity index is 1.68. The van der Waals surface area contributed by atoms with Crippen molar-refractivity contribution in [3.05, 3.63) is 64.3 Å². The number of nitrogens with zero attached hydrogens (tertiary/aromatic N) is 1. The van der Waals surface area contributed by atoms with E-state index in [0.717, 1.165) is 17.0 Å². The van der Waals surface area contributed by atoms with E-state index in [2.05, 4.69) is 5.32 Å². The van der Waals surface area contributed by atoms with Gasteiger partial charge in [-0.25, -0.2) is 9.18 Å². The largest absolute Gasteiger partial charge is 0.507 e. The number of benzene rings is 2. The predicted molar refractivity (Wildman–Crippen MR) is 103 cm³/mol. The van der Waals surface area contributed by atoms with Crippen LogP contribution in [-0.2, 0) is 9.59 Å². The highest BCUT2D eigenvalue weighted by atomic mass is 32.2. The average molecular weight is 416 g/mol. The first-order valence-corrected chi connectivity index (χ1v) is 8.93. The molecule has 0 saturated carbocycles. The lowest BCUT2D eigenvalue weighted by Crippen LogP contribution is -2.36. The van der Waals surface area contributed by atoms with E-state index in [4.69, 9.17) is 5.11 Å². The highest BCUT2D eigenvalue weighted by molar-refractivity contribution is 8.18. The van der Waals surface area contributed by atoms with Crippen LogP contribution in [-0.4, -0.2) is 44.7 Å². The number of carbonyl (C=O) groups is 4. The molecule has 0 bridgehead atoms. The first-order valence-electron chi connectivity index (χ1n) is 8.11. The minimum Gasteiger partial charge on any atom is -0.507 e. The first-order chi connectivity index (χ1) is 13.7. The minimum atomic E-state index is -1.33. The third-order valence-electron chi connectivity index (χ3n) is 3.85. The normalized spacial score (nSPS) is 15.1. The zero-order valence-corrected chi connectivity index (χ0v) is 15.4. The van der Waals surface area contributed by atoms with Crippen molar-refractivity contribution in [2.45, 2.75) is 0 Å². The van der Waals surface area contributed by atoms with Gasteiger partial charge in [-0.3, -0.25) is 19.3 Å². The van der Waals surface area contributed by atoms with E-state index in [1.54, 1.807) is 0 Å². The molecular formula is C19H13FN2O6S. The van der Waals surface area contributed by atoms with Gasteiger partial charge in [0.15, 0.2) is 0 Å². The van der Waals surface area contributed by atoms with Gasteiger partial charge in [0.25, 0.3) is 11.1 Å². The fourth-order valence-electron chi connectivity index (χ4n) is 2.48. The number of aromatic hydroxyl groups is 1. The van der Waals surface area contributed by atoms with Crippen molar-refractivity contribution in [2.75, 3.05) is 11.9 Å². The molecule has 29 heavy (non-hydrogen) atoms. The topological polar surface area (TPSA) is 124 Å². The van der Waals surface area contributed by atoms with Gasteiger partial charge in [-0.1, -0.05) is 12.1 Å². The molecule has 3 rings (SSSR count). The van der Waals surface area contributed by atoms with E-state index < -0.39 is 41.1 Å². The molecule has 3 amide bonds. The summed E-state index contributed by atoms with van der Waals surface area (Å²) in [6.45, 7) is -0.563. The van der Waals surface area contributed by atoms with Crippen LogP contribution < -0.4 is 5.32 Å². The summed E-state index contributed by atoms with van der Waals surface area (Å²) < 4.78 is 13.0. The lowest BCUT2D eigenvalue weighted by molar-refractivity contribution is -0.127. The zero-order chi connectivity index (χ0) is 21.1. The van der Waals surface area contributed by atoms with Gasteiger partial charge in [-0.15, -0.1) is 0 Å². The molecule has 0 radical (unpaired) electrons. The first kappa shape index (κ1) is 20.1. The van der Waals surface area contributed by atoms with E-state index in [9.17, 15) is 28.7 Å². The van der Waals surface area contributed by atoms with Crippen LogP contribution in [0, 0.1) is 5.82 Å². The van der Waals surface area contributed by atoms with E-state index in [1.165, 1.54) is 36.4 Å². The number of phenols is 1. The van der Waals surface area contributed by atoms with Crippen molar-refractivity contribution < 1.29 is 33.8 Å². The molecule has 1 heterocycles. The van der Waals surface area contributed by atoms with Gasteiger partial charge >= 0.3 is 5.97 Å². The van der Waals surface area contributed by atoms with Crippen LogP contribution in [0.2, 0.25) is 0 Å². The molecule has 3 N–H and O–H groups in total. The maximum Gasteiger partial charge on any atom is 0.339 e. The average Bonchev–Trinajstić information content (AvgIpc) is 2.90. The highest BCUT2D eigenvalue weighted by Gasteiger charge is 2.36. The molecule has 0 spiro atoms. The third kappa shape index (κ3) is 4.61. The van der Waals surface area contributed by atoms with E-state index in [0.29, 0.717) is 17.3 Å². The number of anilines is 1.